The Bertz CT molecular complexity index is 1880. The molecule has 0 atom stereocenters. The molecule has 41 heavy (non-hydrogen) atoms. The fourth-order valence-corrected chi connectivity index (χ4v) is 6.15. The first-order valence-electron chi connectivity index (χ1n) is 14.2. The van der Waals surface area contributed by atoms with Crippen LogP contribution in [0.25, 0.3) is 50.7 Å². The van der Waals surface area contributed by atoms with Crippen LogP contribution in [-0.4, -0.2) is 14.5 Å². The molecule has 0 radical (unpaired) electrons. The zero-order valence-electron chi connectivity index (χ0n) is 22.6. The van der Waals surface area contributed by atoms with Crippen molar-refractivity contribution in [1.29, 1.82) is 0 Å². The number of nitrogens with one attached hydrogen (secondary N) is 1. The molecule has 1 aliphatic carbocycles. The van der Waals surface area contributed by atoms with Gasteiger partial charge in [0.1, 0.15) is 5.82 Å². The minimum Gasteiger partial charge on any atom is -0.338 e. The van der Waals surface area contributed by atoms with Gasteiger partial charge in [-0.15, -0.1) is 0 Å². The minimum absolute atomic E-state index is 0.206. The molecule has 198 valence electrons. The topological polar surface area (TPSA) is 68.8 Å². The van der Waals surface area contributed by atoms with Crippen molar-refractivity contribution in [3.8, 4) is 50.7 Å². The first kappa shape index (κ1) is 23.9. The smallest absolute Gasteiger partial charge is 0.154 e. The van der Waals surface area contributed by atoms with Gasteiger partial charge in [0.25, 0.3) is 0 Å². The van der Waals surface area contributed by atoms with Gasteiger partial charge in [-0.2, -0.15) is 0 Å². The van der Waals surface area contributed by atoms with Crippen LogP contribution in [0, 0.1) is 0 Å². The lowest BCUT2D eigenvalue weighted by Gasteiger charge is -2.38. The fourth-order valence-electron chi connectivity index (χ4n) is 6.15. The summed E-state index contributed by atoms with van der Waals surface area (Å²) >= 11 is 0. The molecule has 2 aromatic heterocycles. The number of fused-ring (bicyclic) bond motifs is 5. The van der Waals surface area contributed by atoms with Crippen LogP contribution >= 0.6 is 0 Å². The molecular formula is C36H29N5. The zero-order chi connectivity index (χ0) is 27.4. The average Bonchev–Trinajstić information content (AvgIpc) is 3.35. The van der Waals surface area contributed by atoms with Gasteiger partial charge in [0.05, 0.1) is 22.8 Å². The predicted octanol–water partition coefficient (Wildman–Crippen LogP) is 8.33. The molecule has 5 heteroatoms. The molecule has 2 aliphatic rings. The van der Waals surface area contributed by atoms with E-state index in [4.69, 9.17) is 15.7 Å². The van der Waals surface area contributed by atoms with Crippen molar-refractivity contribution in [3.63, 3.8) is 0 Å². The van der Waals surface area contributed by atoms with E-state index in [1.54, 1.807) is 0 Å². The van der Waals surface area contributed by atoms with Gasteiger partial charge in [-0.25, -0.2) is 9.97 Å². The van der Waals surface area contributed by atoms with Gasteiger partial charge in [0.2, 0.25) is 0 Å². The van der Waals surface area contributed by atoms with E-state index in [-0.39, 0.29) is 5.54 Å². The van der Waals surface area contributed by atoms with Gasteiger partial charge < -0.3 is 11.1 Å². The molecule has 1 saturated carbocycles. The first-order chi connectivity index (χ1) is 20.2. The van der Waals surface area contributed by atoms with Gasteiger partial charge in [-0.3, -0.25) is 4.57 Å². The Hall–Kier alpha value is -5.00. The molecule has 6 aromatic rings. The highest BCUT2D eigenvalue weighted by molar-refractivity contribution is 5.91. The number of benzene rings is 4. The SMILES string of the molecule is NC1(c2ccc(-c3c(-c4ccc(-c5ccccc5)cc4)nc4n3-c3cccnc3Nc3ccccc3-4)cc2)CCC1. The molecule has 1 fully saturated rings. The predicted molar refractivity (Wildman–Crippen MR) is 166 cm³/mol. The standard InChI is InChI=1S/C36H29N5/c37-36(21-7-22-36)28-19-17-27(18-20-28)33-32(26-15-13-25(14-16-26)24-8-2-1-3-9-24)40-35-29-10-4-5-11-30(29)39-34-31(41(33)35)12-6-23-38-34/h1-6,8-20,23H,7,21-22,37H2,(H,38,39). The number of pyridine rings is 1. The zero-order valence-corrected chi connectivity index (χ0v) is 22.6. The van der Waals surface area contributed by atoms with Crippen LogP contribution in [0.4, 0.5) is 11.5 Å². The number of anilines is 2. The van der Waals surface area contributed by atoms with Gasteiger partial charge in [-0.1, -0.05) is 91.0 Å². The molecule has 5 nitrogen and oxygen atoms in total. The highest BCUT2D eigenvalue weighted by Crippen LogP contribution is 2.45. The average molecular weight is 532 g/mol. The van der Waals surface area contributed by atoms with Crippen molar-refractivity contribution in [2.24, 2.45) is 5.73 Å². The van der Waals surface area contributed by atoms with Crippen LogP contribution in [-0.2, 0) is 5.54 Å². The molecule has 0 spiro atoms. The van der Waals surface area contributed by atoms with Crippen molar-refractivity contribution in [2.45, 2.75) is 24.8 Å². The first-order valence-corrected chi connectivity index (χ1v) is 14.2. The van der Waals surface area contributed by atoms with Gasteiger partial charge >= 0.3 is 0 Å². The Morgan fingerprint density at radius 3 is 2.12 bits per heavy atom. The Labute approximate surface area is 239 Å². The Balaban J connectivity index is 1.37. The van der Waals surface area contributed by atoms with E-state index in [0.717, 1.165) is 63.9 Å². The van der Waals surface area contributed by atoms with Crippen LogP contribution in [0.15, 0.2) is 121 Å². The van der Waals surface area contributed by atoms with E-state index in [2.05, 4.69) is 107 Å². The van der Waals surface area contributed by atoms with Crippen molar-refractivity contribution < 1.29 is 0 Å². The van der Waals surface area contributed by atoms with E-state index in [9.17, 15) is 0 Å². The summed E-state index contributed by atoms with van der Waals surface area (Å²) in [6.07, 6.45) is 5.09. The molecule has 0 amide bonds. The lowest BCUT2D eigenvalue weighted by atomic mass is 9.72. The summed E-state index contributed by atoms with van der Waals surface area (Å²) < 4.78 is 2.26. The third-order valence-electron chi connectivity index (χ3n) is 8.57. The van der Waals surface area contributed by atoms with Crippen LogP contribution in [0.3, 0.4) is 0 Å². The largest absolute Gasteiger partial charge is 0.338 e. The van der Waals surface area contributed by atoms with Crippen molar-refractivity contribution in [3.05, 3.63) is 127 Å². The number of para-hydroxylation sites is 1. The van der Waals surface area contributed by atoms with E-state index in [0.29, 0.717) is 0 Å². The monoisotopic (exact) mass is 531 g/mol. The fraction of sp³-hybridized carbons (Fsp3) is 0.111. The highest BCUT2D eigenvalue weighted by atomic mass is 15.2. The summed E-state index contributed by atoms with van der Waals surface area (Å²) in [7, 11) is 0. The van der Waals surface area contributed by atoms with E-state index < -0.39 is 0 Å². The maximum absolute atomic E-state index is 6.69. The molecule has 0 unspecified atom stereocenters. The quantitative estimate of drug-likeness (QED) is 0.240. The van der Waals surface area contributed by atoms with Crippen molar-refractivity contribution in [2.75, 3.05) is 5.32 Å². The highest BCUT2D eigenvalue weighted by Gasteiger charge is 2.34. The summed E-state index contributed by atoms with van der Waals surface area (Å²) in [5.74, 6) is 1.69. The Kier molecular flexibility index (Phi) is 5.40. The molecule has 3 N–H and O–H groups in total. The molecule has 0 saturated heterocycles. The van der Waals surface area contributed by atoms with Gasteiger partial charge in [0.15, 0.2) is 5.82 Å². The molecule has 3 heterocycles. The summed E-state index contributed by atoms with van der Waals surface area (Å²) in [4.78, 5) is 10.1. The number of hydrogen-bond acceptors (Lipinski definition) is 4. The van der Waals surface area contributed by atoms with E-state index in [1.165, 1.54) is 23.1 Å². The van der Waals surface area contributed by atoms with E-state index >= 15 is 0 Å². The molecule has 4 aromatic carbocycles. The summed E-state index contributed by atoms with van der Waals surface area (Å²) in [6, 6.07) is 40.4. The third kappa shape index (κ3) is 3.89. The number of hydrogen-bond donors (Lipinski definition) is 2. The number of nitrogens with zero attached hydrogens (tertiary/aromatic N) is 3. The Morgan fingerprint density at radius 1 is 0.683 bits per heavy atom. The minimum atomic E-state index is -0.206. The lowest BCUT2D eigenvalue weighted by molar-refractivity contribution is 0.253. The number of aromatic nitrogens is 3. The van der Waals surface area contributed by atoms with Crippen LogP contribution < -0.4 is 11.1 Å². The molecular weight excluding hydrogens is 502 g/mol. The Morgan fingerprint density at radius 2 is 1.37 bits per heavy atom. The second-order valence-electron chi connectivity index (χ2n) is 11.0. The third-order valence-corrected chi connectivity index (χ3v) is 8.57. The second-order valence-corrected chi connectivity index (χ2v) is 11.0. The normalized spacial score (nSPS) is 14.6. The van der Waals surface area contributed by atoms with Gasteiger partial charge in [-0.05, 0) is 60.2 Å². The molecule has 0 bridgehead atoms. The lowest BCUT2D eigenvalue weighted by Crippen LogP contribution is -2.43. The van der Waals surface area contributed by atoms with E-state index in [1.807, 2.05) is 24.4 Å². The molecule has 1 aliphatic heterocycles. The second kappa shape index (κ2) is 9.29. The number of rotatable bonds is 4. The summed E-state index contributed by atoms with van der Waals surface area (Å²) in [5, 5.41) is 3.56. The van der Waals surface area contributed by atoms with Crippen LogP contribution in [0.5, 0.6) is 0 Å². The maximum Gasteiger partial charge on any atom is 0.154 e. The van der Waals surface area contributed by atoms with Crippen molar-refractivity contribution >= 4 is 11.5 Å². The maximum atomic E-state index is 6.69. The number of nitrogens with two attached hydrogens (primary N) is 1. The van der Waals surface area contributed by atoms with Crippen LogP contribution in [0.2, 0.25) is 0 Å². The molecule has 8 rings (SSSR count). The van der Waals surface area contributed by atoms with Crippen molar-refractivity contribution in [1.82, 2.24) is 14.5 Å². The number of imidazole rings is 1. The summed E-state index contributed by atoms with van der Waals surface area (Å²) in [6.45, 7) is 0. The summed E-state index contributed by atoms with van der Waals surface area (Å²) in [5.41, 5.74) is 17.2. The van der Waals surface area contributed by atoms with Crippen LogP contribution in [0.1, 0.15) is 24.8 Å². The van der Waals surface area contributed by atoms with Gasteiger partial charge in [0, 0.05) is 28.4 Å².